The Kier molecular flexibility index (Phi) is 4.82. The molecule has 0 atom stereocenters. The second-order valence-electron chi connectivity index (χ2n) is 4.61. The van der Waals surface area contributed by atoms with E-state index in [1.165, 1.54) is 11.8 Å². The fraction of sp³-hybridized carbons (Fsp3) is 0.500. The Labute approximate surface area is 126 Å². The minimum atomic E-state index is -0.210. The van der Waals surface area contributed by atoms with Crippen molar-refractivity contribution in [3.05, 3.63) is 27.5 Å². The molecule has 0 aliphatic rings. The van der Waals surface area contributed by atoms with Gasteiger partial charge in [-0.2, -0.15) is 0 Å². The first-order valence-corrected chi connectivity index (χ1v) is 7.58. The Morgan fingerprint density at radius 1 is 1.45 bits per heavy atom. The highest BCUT2D eigenvalue weighted by Gasteiger charge is 2.13. The molecule has 8 heteroatoms. The molecule has 0 saturated carbocycles. The first-order valence-electron chi connectivity index (χ1n) is 6.38. The monoisotopic (exact) mass is 313 g/mol. The number of nitrogens with one attached hydrogen (secondary N) is 1. The molecule has 0 radical (unpaired) electrons. The van der Waals surface area contributed by atoms with Crippen LogP contribution in [0.25, 0.3) is 0 Å². The Balaban J connectivity index is 2.32. The van der Waals surface area contributed by atoms with E-state index in [4.69, 9.17) is 11.6 Å². The summed E-state index contributed by atoms with van der Waals surface area (Å²) in [5, 5.41) is 8.14. The number of nitrogens with zero attached hydrogens (tertiary/aromatic N) is 4. The molecule has 2 rings (SSSR count). The molecule has 6 nitrogen and oxygen atoms in total. The molecule has 2 aromatic heterocycles. The zero-order valence-electron chi connectivity index (χ0n) is 11.6. The topological polar surface area (TPSA) is 76.5 Å². The van der Waals surface area contributed by atoms with Crippen LogP contribution in [0.1, 0.15) is 38.9 Å². The SMILES string of the molecule is CCCn1c(Sc2cc(Cl)nc(C(C)C)n2)n[nH]c1=O. The molecule has 0 bridgehead atoms. The maximum atomic E-state index is 11.6. The number of hydrogen-bond donors (Lipinski definition) is 1. The molecule has 2 heterocycles. The Hall–Kier alpha value is -1.34. The standard InChI is InChI=1S/C12H16ClN5OS/c1-4-5-18-11(19)16-17-12(18)20-9-6-8(13)14-10(15-9)7(2)3/h6-7H,4-5H2,1-3H3,(H,16,19). The predicted molar refractivity (Wildman–Crippen MR) is 78.4 cm³/mol. The summed E-state index contributed by atoms with van der Waals surface area (Å²) >= 11 is 7.31. The molecule has 20 heavy (non-hydrogen) atoms. The van der Waals surface area contributed by atoms with Crippen LogP contribution in [-0.2, 0) is 6.54 Å². The van der Waals surface area contributed by atoms with Gasteiger partial charge in [0.25, 0.3) is 0 Å². The van der Waals surface area contributed by atoms with Crippen molar-refractivity contribution in [1.29, 1.82) is 0 Å². The van der Waals surface area contributed by atoms with Crippen LogP contribution in [0, 0.1) is 0 Å². The van der Waals surface area contributed by atoms with Gasteiger partial charge < -0.3 is 0 Å². The van der Waals surface area contributed by atoms with Crippen molar-refractivity contribution in [2.45, 2.75) is 49.8 Å². The quantitative estimate of drug-likeness (QED) is 0.859. The summed E-state index contributed by atoms with van der Waals surface area (Å²) in [6.45, 7) is 6.63. The number of halogens is 1. The van der Waals surface area contributed by atoms with Crippen molar-refractivity contribution in [3.63, 3.8) is 0 Å². The van der Waals surface area contributed by atoms with Crippen molar-refractivity contribution in [1.82, 2.24) is 24.7 Å². The number of hydrogen-bond acceptors (Lipinski definition) is 5. The lowest BCUT2D eigenvalue weighted by atomic mass is 10.2. The van der Waals surface area contributed by atoms with Crippen LogP contribution in [0.2, 0.25) is 5.15 Å². The Morgan fingerprint density at radius 3 is 2.85 bits per heavy atom. The van der Waals surface area contributed by atoms with Gasteiger partial charge in [-0.3, -0.25) is 4.57 Å². The normalized spacial score (nSPS) is 11.2. The van der Waals surface area contributed by atoms with Crippen molar-refractivity contribution >= 4 is 23.4 Å². The van der Waals surface area contributed by atoms with E-state index in [-0.39, 0.29) is 11.6 Å². The highest BCUT2D eigenvalue weighted by molar-refractivity contribution is 7.99. The van der Waals surface area contributed by atoms with Crippen LogP contribution >= 0.6 is 23.4 Å². The molecule has 0 fully saturated rings. The smallest absolute Gasteiger partial charge is 0.270 e. The summed E-state index contributed by atoms with van der Waals surface area (Å²) in [5.41, 5.74) is -0.210. The molecule has 0 aliphatic heterocycles. The van der Waals surface area contributed by atoms with Gasteiger partial charge in [-0.1, -0.05) is 32.4 Å². The summed E-state index contributed by atoms with van der Waals surface area (Å²) in [4.78, 5) is 20.3. The average Bonchev–Trinajstić information content (AvgIpc) is 2.71. The fourth-order valence-electron chi connectivity index (χ4n) is 1.62. The number of aromatic nitrogens is 5. The van der Waals surface area contributed by atoms with Gasteiger partial charge in [0, 0.05) is 18.5 Å². The lowest BCUT2D eigenvalue weighted by Crippen LogP contribution is -2.17. The average molecular weight is 314 g/mol. The van der Waals surface area contributed by atoms with Crippen LogP contribution in [-0.4, -0.2) is 24.7 Å². The van der Waals surface area contributed by atoms with Crippen LogP contribution in [0.15, 0.2) is 21.0 Å². The van der Waals surface area contributed by atoms with Crippen molar-refractivity contribution in [2.75, 3.05) is 0 Å². The molecule has 2 aromatic rings. The zero-order chi connectivity index (χ0) is 14.7. The highest BCUT2D eigenvalue weighted by atomic mass is 35.5. The minimum absolute atomic E-state index is 0.185. The molecule has 1 N–H and O–H groups in total. The van der Waals surface area contributed by atoms with Crippen molar-refractivity contribution in [2.24, 2.45) is 0 Å². The largest absolute Gasteiger partial charge is 0.343 e. The third-order valence-corrected chi connectivity index (χ3v) is 3.68. The molecule has 0 aromatic carbocycles. The molecule has 0 spiro atoms. The lowest BCUT2D eigenvalue weighted by molar-refractivity contribution is 0.603. The third kappa shape index (κ3) is 3.40. The minimum Gasteiger partial charge on any atom is -0.270 e. The second-order valence-corrected chi connectivity index (χ2v) is 5.98. The number of aromatic amines is 1. The van der Waals surface area contributed by atoms with E-state index in [1.807, 2.05) is 20.8 Å². The van der Waals surface area contributed by atoms with Crippen LogP contribution in [0.3, 0.4) is 0 Å². The summed E-state index contributed by atoms with van der Waals surface area (Å²) < 4.78 is 1.59. The summed E-state index contributed by atoms with van der Waals surface area (Å²) in [7, 11) is 0. The predicted octanol–water partition coefficient (Wildman–Crippen LogP) is 2.70. The Morgan fingerprint density at radius 2 is 2.20 bits per heavy atom. The third-order valence-electron chi connectivity index (χ3n) is 2.57. The van der Waals surface area contributed by atoms with Gasteiger partial charge in [0.15, 0.2) is 5.16 Å². The van der Waals surface area contributed by atoms with Crippen molar-refractivity contribution < 1.29 is 0 Å². The van der Waals surface area contributed by atoms with Crippen LogP contribution in [0.5, 0.6) is 0 Å². The Bertz CT molecular complexity index is 652. The van der Waals surface area contributed by atoms with E-state index >= 15 is 0 Å². The molecule has 0 aliphatic carbocycles. The zero-order valence-corrected chi connectivity index (χ0v) is 13.1. The van der Waals surface area contributed by atoms with E-state index in [2.05, 4.69) is 20.2 Å². The van der Waals surface area contributed by atoms with Gasteiger partial charge in [0.2, 0.25) is 0 Å². The second kappa shape index (κ2) is 6.41. The molecule has 0 amide bonds. The lowest BCUT2D eigenvalue weighted by Gasteiger charge is -2.07. The van der Waals surface area contributed by atoms with Gasteiger partial charge in [0.1, 0.15) is 16.0 Å². The number of H-pyrrole nitrogens is 1. The van der Waals surface area contributed by atoms with Gasteiger partial charge in [0.05, 0.1) is 0 Å². The first kappa shape index (κ1) is 15.1. The highest BCUT2D eigenvalue weighted by Crippen LogP contribution is 2.26. The van der Waals surface area contributed by atoms with Gasteiger partial charge in [-0.05, 0) is 18.2 Å². The first-order chi connectivity index (χ1) is 9.51. The molecule has 0 unspecified atom stereocenters. The molecular weight excluding hydrogens is 298 g/mol. The van der Waals surface area contributed by atoms with Crippen LogP contribution in [0.4, 0.5) is 0 Å². The fourth-order valence-corrected chi connectivity index (χ4v) is 2.75. The van der Waals surface area contributed by atoms with Crippen molar-refractivity contribution in [3.8, 4) is 0 Å². The van der Waals surface area contributed by atoms with E-state index in [0.717, 1.165) is 6.42 Å². The van der Waals surface area contributed by atoms with Crippen LogP contribution < -0.4 is 5.69 Å². The van der Waals surface area contributed by atoms with Gasteiger partial charge >= 0.3 is 5.69 Å². The molecular formula is C12H16ClN5OS. The maximum absolute atomic E-state index is 11.6. The van der Waals surface area contributed by atoms with E-state index in [9.17, 15) is 4.79 Å². The molecule has 0 saturated heterocycles. The van der Waals surface area contributed by atoms with Gasteiger partial charge in [-0.25, -0.2) is 19.9 Å². The summed E-state index contributed by atoms with van der Waals surface area (Å²) in [6.07, 6.45) is 0.856. The van der Waals surface area contributed by atoms with Gasteiger partial charge in [-0.15, -0.1) is 5.10 Å². The molecule has 108 valence electrons. The summed E-state index contributed by atoms with van der Waals surface area (Å²) in [6, 6.07) is 1.67. The van der Waals surface area contributed by atoms with E-state index in [0.29, 0.717) is 27.7 Å². The maximum Gasteiger partial charge on any atom is 0.343 e. The van der Waals surface area contributed by atoms with E-state index < -0.39 is 0 Å². The van der Waals surface area contributed by atoms with E-state index in [1.54, 1.807) is 10.6 Å². The number of rotatable bonds is 5. The summed E-state index contributed by atoms with van der Waals surface area (Å²) in [5.74, 6) is 0.866.